The number of hydrogen-bond acceptors (Lipinski definition) is 4. The van der Waals surface area contributed by atoms with Crippen LogP contribution in [0.5, 0.6) is 0 Å². The predicted octanol–water partition coefficient (Wildman–Crippen LogP) is 2.53. The second kappa shape index (κ2) is 9.42. The molecule has 1 atom stereocenters. The Hall–Kier alpha value is -0.520. The smallest absolute Gasteiger partial charge is 0.129 e. The summed E-state index contributed by atoms with van der Waals surface area (Å²) < 4.78 is 5.70. The van der Waals surface area contributed by atoms with Crippen LogP contribution in [0.25, 0.3) is 0 Å². The molecule has 1 aliphatic rings. The summed E-state index contributed by atoms with van der Waals surface area (Å²) in [6.45, 7) is 10.1. The number of furan rings is 1. The average Bonchev–Trinajstić information content (AvgIpc) is 2.85. The van der Waals surface area contributed by atoms with Crippen LogP contribution in [0.4, 0.5) is 0 Å². The highest BCUT2D eigenvalue weighted by atomic mass is 35.5. The first-order chi connectivity index (χ1) is 8.70. The number of aliphatic hydroxyl groups excluding tert-OH is 1. The van der Waals surface area contributed by atoms with E-state index in [1.807, 2.05) is 19.1 Å². The van der Waals surface area contributed by atoms with Gasteiger partial charge in [-0.1, -0.05) is 5.57 Å². The zero-order valence-corrected chi connectivity index (χ0v) is 13.4. The van der Waals surface area contributed by atoms with Crippen LogP contribution in [0.3, 0.4) is 0 Å². The molecule has 0 radical (unpaired) electrons. The average molecular weight is 323 g/mol. The third-order valence-electron chi connectivity index (χ3n) is 3.30. The molecule has 0 unspecified atom stereocenters. The van der Waals surface area contributed by atoms with Gasteiger partial charge in [-0.2, -0.15) is 0 Å². The summed E-state index contributed by atoms with van der Waals surface area (Å²) in [5.41, 5.74) is 1.15. The summed E-state index contributed by atoms with van der Waals surface area (Å²) >= 11 is 0. The molecule has 2 N–H and O–H groups in total. The molecule has 0 amide bonds. The summed E-state index contributed by atoms with van der Waals surface area (Å²) in [6.07, 6.45) is 0.901. The minimum atomic E-state index is -0.0403. The summed E-state index contributed by atoms with van der Waals surface area (Å²) in [5.74, 6) is 1.57. The molecule has 0 aliphatic carbocycles. The fraction of sp³-hybridized carbons (Fsp3) is 0.571. The molecule has 1 aromatic heterocycles. The van der Waals surface area contributed by atoms with E-state index in [-0.39, 0.29) is 37.5 Å². The van der Waals surface area contributed by atoms with Crippen LogP contribution in [0.2, 0.25) is 0 Å². The molecule has 0 bridgehead atoms. The van der Waals surface area contributed by atoms with E-state index < -0.39 is 0 Å². The molecule has 6 heteroatoms. The highest BCUT2D eigenvalue weighted by molar-refractivity contribution is 5.85. The van der Waals surface area contributed by atoms with Crippen LogP contribution < -0.4 is 5.32 Å². The van der Waals surface area contributed by atoms with Crippen LogP contribution >= 0.6 is 24.8 Å². The molecule has 2 rings (SSSR count). The topological polar surface area (TPSA) is 48.6 Å². The van der Waals surface area contributed by atoms with E-state index in [1.54, 1.807) is 0 Å². The van der Waals surface area contributed by atoms with Gasteiger partial charge >= 0.3 is 0 Å². The molecule has 1 aromatic rings. The molecular formula is C14H24Cl2N2O2. The first-order valence-electron chi connectivity index (χ1n) is 6.49. The van der Waals surface area contributed by atoms with Gasteiger partial charge in [-0.3, -0.25) is 4.90 Å². The number of rotatable bonds is 5. The number of halogens is 2. The summed E-state index contributed by atoms with van der Waals surface area (Å²) in [7, 11) is 0. The van der Waals surface area contributed by atoms with Gasteiger partial charge in [0.25, 0.3) is 0 Å². The lowest BCUT2D eigenvalue weighted by molar-refractivity contribution is 0.148. The first kappa shape index (κ1) is 19.5. The fourth-order valence-corrected chi connectivity index (χ4v) is 2.39. The number of nitrogens with zero attached hydrogens (tertiary/aromatic N) is 1. The van der Waals surface area contributed by atoms with Gasteiger partial charge in [-0.05, 0) is 25.5 Å². The monoisotopic (exact) mass is 322 g/mol. The maximum Gasteiger partial charge on any atom is 0.129 e. The van der Waals surface area contributed by atoms with Crippen molar-refractivity contribution >= 4 is 24.8 Å². The van der Waals surface area contributed by atoms with Gasteiger partial charge in [-0.15, -0.1) is 31.4 Å². The minimum absolute atomic E-state index is 0. The normalized spacial score (nSPS) is 16.9. The lowest BCUT2D eigenvalue weighted by Gasteiger charge is -2.34. The third-order valence-corrected chi connectivity index (χ3v) is 3.30. The molecular weight excluding hydrogens is 299 g/mol. The molecule has 0 saturated carbocycles. The maximum absolute atomic E-state index is 9.09. The SMILES string of the molecule is C=C(C)C[C@H](c1ccc(CO)o1)N1CCNCC1.Cl.Cl. The van der Waals surface area contributed by atoms with Gasteiger partial charge < -0.3 is 14.8 Å². The molecule has 20 heavy (non-hydrogen) atoms. The molecule has 1 saturated heterocycles. The first-order valence-corrected chi connectivity index (χ1v) is 6.49. The largest absolute Gasteiger partial charge is 0.462 e. The zero-order chi connectivity index (χ0) is 13.0. The van der Waals surface area contributed by atoms with Gasteiger partial charge in [-0.25, -0.2) is 0 Å². The summed E-state index contributed by atoms with van der Waals surface area (Å²) in [5, 5.41) is 12.4. The Morgan fingerprint density at radius 1 is 1.40 bits per heavy atom. The van der Waals surface area contributed by atoms with E-state index in [9.17, 15) is 0 Å². The van der Waals surface area contributed by atoms with Gasteiger partial charge in [0.1, 0.15) is 18.1 Å². The Bertz CT molecular complexity index is 404. The quantitative estimate of drug-likeness (QED) is 0.818. The minimum Gasteiger partial charge on any atom is -0.462 e. The maximum atomic E-state index is 9.09. The van der Waals surface area contributed by atoms with E-state index in [1.165, 1.54) is 0 Å². The molecule has 4 nitrogen and oxygen atoms in total. The lowest BCUT2D eigenvalue weighted by atomic mass is 10.0. The summed E-state index contributed by atoms with van der Waals surface area (Å²) in [6, 6.07) is 4.06. The highest BCUT2D eigenvalue weighted by Gasteiger charge is 2.24. The molecule has 116 valence electrons. The number of hydrogen-bond donors (Lipinski definition) is 2. The lowest BCUT2D eigenvalue weighted by Crippen LogP contribution is -2.45. The predicted molar refractivity (Wildman–Crippen MR) is 85.7 cm³/mol. The van der Waals surface area contributed by atoms with Gasteiger partial charge in [0.15, 0.2) is 0 Å². The summed E-state index contributed by atoms with van der Waals surface area (Å²) in [4.78, 5) is 2.42. The van der Waals surface area contributed by atoms with E-state index in [4.69, 9.17) is 9.52 Å². The van der Waals surface area contributed by atoms with E-state index >= 15 is 0 Å². The number of piperazine rings is 1. The molecule has 0 spiro atoms. The van der Waals surface area contributed by atoms with E-state index in [2.05, 4.69) is 16.8 Å². The van der Waals surface area contributed by atoms with Crippen LogP contribution in [0.15, 0.2) is 28.7 Å². The molecule has 1 fully saturated rings. The Labute approximate surface area is 133 Å². The van der Waals surface area contributed by atoms with Crippen LogP contribution in [-0.4, -0.2) is 36.2 Å². The van der Waals surface area contributed by atoms with Crippen molar-refractivity contribution in [2.75, 3.05) is 26.2 Å². The Morgan fingerprint density at radius 3 is 2.55 bits per heavy atom. The number of aliphatic hydroxyl groups is 1. The Balaban J connectivity index is 0.00000180. The molecule has 2 heterocycles. The van der Waals surface area contributed by atoms with Crippen molar-refractivity contribution in [1.29, 1.82) is 0 Å². The number of nitrogens with one attached hydrogen (secondary N) is 1. The van der Waals surface area contributed by atoms with Crippen LogP contribution in [0, 0.1) is 0 Å². The van der Waals surface area contributed by atoms with Crippen molar-refractivity contribution < 1.29 is 9.52 Å². The second-order valence-corrected chi connectivity index (χ2v) is 4.93. The van der Waals surface area contributed by atoms with E-state index in [0.717, 1.165) is 43.9 Å². The van der Waals surface area contributed by atoms with Crippen molar-refractivity contribution in [3.8, 4) is 0 Å². The van der Waals surface area contributed by atoms with Crippen molar-refractivity contribution in [2.24, 2.45) is 0 Å². The highest BCUT2D eigenvalue weighted by Crippen LogP contribution is 2.29. The molecule has 1 aliphatic heterocycles. The Kier molecular flexibility index (Phi) is 9.18. The van der Waals surface area contributed by atoms with E-state index in [0.29, 0.717) is 5.76 Å². The third kappa shape index (κ3) is 5.11. The second-order valence-electron chi connectivity index (χ2n) is 4.93. The van der Waals surface area contributed by atoms with Gasteiger partial charge in [0, 0.05) is 26.2 Å². The van der Waals surface area contributed by atoms with Gasteiger partial charge in [0.05, 0.1) is 6.04 Å². The van der Waals surface area contributed by atoms with Crippen molar-refractivity contribution in [2.45, 2.75) is 26.0 Å². The van der Waals surface area contributed by atoms with Crippen LogP contribution in [0.1, 0.15) is 30.9 Å². The van der Waals surface area contributed by atoms with Crippen molar-refractivity contribution in [3.63, 3.8) is 0 Å². The standard InChI is InChI=1S/C14H22N2O2.2ClH/c1-11(2)9-13(16-7-5-15-6-8-16)14-4-3-12(10-17)18-14;;/h3-4,13,15,17H,1,5-10H2,2H3;2*1H/t13-;;/m1../s1. The Morgan fingerprint density at radius 2 is 2.05 bits per heavy atom. The van der Waals surface area contributed by atoms with Crippen molar-refractivity contribution in [3.05, 3.63) is 35.8 Å². The zero-order valence-electron chi connectivity index (χ0n) is 11.8. The van der Waals surface area contributed by atoms with Gasteiger partial charge in [0.2, 0.25) is 0 Å². The van der Waals surface area contributed by atoms with Crippen LogP contribution in [-0.2, 0) is 6.61 Å². The fourth-order valence-electron chi connectivity index (χ4n) is 2.39. The van der Waals surface area contributed by atoms with Crippen molar-refractivity contribution in [1.82, 2.24) is 10.2 Å². The molecule has 0 aromatic carbocycles.